The Labute approximate surface area is 109 Å². The van der Waals surface area contributed by atoms with Gasteiger partial charge in [-0.1, -0.05) is 11.6 Å². The summed E-state index contributed by atoms with van der Waals surface area (Å²) < 4.78 is 5.10. The molecule has 0 radical (unpaired) electrons. The fourth-order valence-electron chi connectivity index (χ4n) is 1.26. The lowest BCUT2D eigenvalue weighted by Gasteiger charge is -2.10. The molecule has 7 heteroatoms. The van der Waals surface area contributed by atoms with Crippen LogP contribution in [0.5, 0.6) is 5.75 Å². The number of rotatable bonds is 5. The zero-order valence-electron chi connectivity index (χ0n) is 9.97. The monoisotopic (exact) mass is 272 g/mol. The van der Waals surface area contributed by atoms with Gasteiger partial charge in [0.2, 0.25) is 0 Å². The van der Waals surface area contributed by atoms with Gasteiger partial charge in [-0.3, -0.25) is 14.9 Å². The second-order valence-corrected chi connectivity index (χ2v) is 4.32. The number of carbonyl (C=O) groups is 1. The van der Waals surface area contributed by atoms with Gasteiger partial charge in [0.05, 0.1) is 4.92 Å². The highest BCUT2D eigenvalue weighted by Crippen LogP contribution is 2.29. The van der Waals surface area contributed by atoms with E-state index in [1.165, 1.54) is 18.2 Å². The second-order valence-electron chi connectivity index (χ2n) is 3.88. The standard InChI is InChI=1S/C11H13ClN2O4/c1-7(2)13-11(15)6-18-10-5-8(12)3-4-9(10)14(16)17/h3-5,7H,6H2,1-2H3,(H,13,15). The normalized spacial score (nSPS) is 10.2. The number of carbonyl (C=O) groups excluding carboxylic acids is 1. The predicted molar refractivity (Wildman–Crippen MR) is 66.9 cm³/mol. The number of benzene rings is 1. The summed E-state index contributed by atoms with van der Waals surface area (Å²) in [4.78, 5) is 21.5. The van der Waals surface area contributed by atoms with Gasteiger partial charge in [0, 0.05) is 23.2 Å². The number of hydrogen-bond acceptors (Lipinski definition) is 4. The molecule has 0 aliphatic rings. The zero-order valence-corrected chi connectivity index (χ0v) is 10.7. The van der Waals surface area contributed by atoms with Crippen LogP contribution in [0.4, 0.5) is 5.69 Å². The van der Waals surface area contributed by atoms with E-state index in [9.17, 15) is 14.9 Å². The average molecular weight is 273 g/mol. The summed E-state index contributed by atoms with van der Waals surface area (Å²) in [5.74, 6) is -0.370. The number of ether oxygens (including phenoxy) is 1. The molecule has 1 N–H and O–H groups in total. The highest BCUT2D eigenvalue weighted by atomic mass is 35.5. The van der Waals surface area contributed by atoms with E-state index >= 15 is 0 Å². The molecule has 0 aromatic heterocycles. The van der Waals surface area contributed by atoms with Crippen LogP contribution in [0.2, 0.25) is 5.02 Å². The second kappa shape index (κ2) is 6.20. The first-order chi connectivity index (χ1) is 8.40. The Morgan fingerprint density at radius 1 is 1.56 bits per heavy atom. The maximum absolute atomic E-state index is 11.4. The van der Waals surface area contributed by atoms with Crippen LogP contribution in [0.25, 0.3) is 0 Å². The molecule has 1 amide bonds. The summed E-state index contributed by atoms with van der Waals surface area (Å²) in [6.07, 6.45) is 0. The zero-order chi connectivity index (χ0) is 13.7. The van der Waals surface area contributed by atoms with E-state index < -0.39 is 4.92 Å². The van der Waals surface area contributed by atoms with Crippen molar-refractivity contribution in [1.29, 1.82) is 0 Å². The maximum Gasteiger partial charge on any atom is 0.311 e. The highest BCUT2D eigenvalue weighted by molar-refractivity contribution is 6.30. The van der Waals surface area contributed by atoms with Crippen LogP contribution in [-0.2, 0) is 4.79 Å². The third-order valence-corrected chi connectivity index (χ3v) is 2.16. The molecule has 98 valence electrons. The molecule has 18 heavy (non-hydrogen) atoms. The summed E-state index contributed by atoms with van der Waals surface area (Å²) in [6.45, 7) is 3.32. The number of amides is 1. The minimum atomic E-state index is -0.591. The van der Waals surface area contributed by atoms with Crippen molar-refractivity contribution < 1.29 is 14.5 Å². The SMILES string of the molecule is CC(C)NC(=O)COc1cc(Cl)ccc1[N+](=O)[O-]. The molecule has 0 saturated carbocycles. The van der Waals surface area contributed by atoms with E-state index in [0.29, 0.717) is 5.02 Å². The van der Waals surface area contributed by atoms with Crippen LogP contribution in [-0.4, -0.2) is 23.5 Å². The van der Waals surface area contributed by atoms with Gasteiger partial charge in [0.15, 0.2) is 12.4 Å². The number of nitrogens with one attached hydrogen (secondary N) is 1. The third-order valence-electron chi connectivity index (χ3n) is 1.93. The molecular formula is C11H13ClN2O4. The van der Waals surface area contributed by atoms with Crippen LogP contribution in [0.1, 0.15) is 13.8 Å². The molecule has 1 aromatic rings. The van der Waals surface area contributed by atoms with Crippen molar-refractivity contribution in [3.05, 3.63) is 33.3 Å². The third kappa shape index (κ3) is 4.21. The Morgan fingerprint density at radius 3 is 2.78 bits per heavy atom. The minimum Gasteiger partial charge on any atom is -0.477 e. The molecule has 0 atom stereocenters. The number of halogens is 1. The molecule has 0 heterocycles. The van der Waals surface area contributed by atoms with Gasteiger partial charge >= 0.3 is 5.69 Å². The summed E-state index contributed by atoms with van der Waals surface area (Å²) >= 11 is 5.72. The number of nitrogens with zero attached hydrogens (tertiary/aromatic N) is 1. The molecule has 6 nitrogen and oxygen atoms in total. The van der Waals surface area contributed by atoms with Gasteiger partial charge in [-0.2, -0.15) is 0 Å². The first kappa shape index (κ1) is 14.2. The fraction of sp³-hybridized carbons (Fsp3) is 0.364. The molecule has 0 unspecified atom stereocenters. The van der Waals surface area contributed by atoms with E-state index in [4.69, 9.17) is 16.3 Å². The van der Waals surface area contributed by atoms with Crippen LogP contribution in [0.3, 0.4) is 0 Å². The number of nitro groups is 1. The van der Waals surface area contributed by atoms with Gasteiger partial charge < -0.3 is 10.1 Å². The quantitative estimate of drug-likeness (QED) is 0.658. The van der Waals surface area contributed by atoms with Crippen molar-refractivity contribution in [2.45, 2.75) is 19.9 Å². The predicted octanol–water partition coefficient (Wildman–Crippen LogP) is 2.15. The lowest BCUT2D eigenvalue weighted by Crippen LogP contribution is -2.34. The average Bonchev–Trinajstić information content (AvgIpc) is 2.25. The largest absolute Gasteiger partial charge is 0.477 e. The van der Waals surface area contributed by atoms with E-state index in [1.807, 2.05) is 0 Å². The van der Waals surface area contributed by atoms with E-state index in [1.54, 1.807) is 13.8 Å². The van der Waals surface area contributed by atoms with Crippen LogP contribution in [0.15, 0.2) is 18.2 Å². The van der Waals surface area contributed by atoms with Crippen molar-refractivity contribution in [3.63, 3.8) is 0 Å². The van der Waals surface area contributed by atoms with Gasteiger partial charge in [0.25, 0.3) is 5.91 Å². The smallest absolute Gasteiger partial charge is 0.311 e. The van der Waals surface area contributed by atoms with Gasteiger partial charge in [-0.05, 0) is 19.9 Å². The lowest BCUT2D eigenvalue weighted by atomic mass is 10.3. The molecule has 0 saturated heterocycles. The molecule has 0 bridgehead atoms. The van der Waals surface area contributed by atoms with Crippen molar-refractivity contribution in [1.82, 2.24) is 5.32 Å². The molecular weight excluding hydrogens is 260 g/mol. The molecule has 0 aliphatic carbocycles. The molecule has 0 spiro atoms. The topological polar surface area (TPSA) is 81.5 Å². The molecule has 1 aromatic carbocycles. The lowest BCUT2D eigenvalue weighted by molar-refractivity contribution is -0.385. The van der Waals surface area contributed by atoms with Crippen LogP contribution >= 0.6 is 11.6 Å². The summed E-state index contributed by atoms with van der Waals surface area (Å²) in [5, 5.41) is 13.7. The van der Waals surface area contributed by atoms with Crippen molar-refractivity contribution >= 4 is 23.2 Å². The maximum atomic E-state index is 11.4. The Morgan fingerprint density at radius 2 is 2.22 bits per heavy atom. The summed E-state index contributed by atoms with van der Waals surface area (Å²) in [5.41, 5.74) is -0.225. The minimum absolute atomic E-state index is 0.0181. The molecule has 0 fully saturated rings. The van der Waals surface area contributed by atoms with Crippen LogP contribution in [0, 0.1) is 10.1 Å². The Hall–Kier alpha value is -1.82. The van der Waals surface area contributed by atoms with Crippen LogP contribution < -0.4 is 10.1 Å². The first-order valence-electron chi connectivity index (χ1n) is 5.26. The van der Waals surface area contributed by atoms with Crippen molar-refractivity contribution in [2.75, 3.05) is 6.61 Å². The Kier molecular flexibility index (Phi) is 4.91. The van der Waals surface area contributed by atoms with E-state index in [0.717, 1.165) is 0 Å². The van der Waals surface area contributed by atoms with E-state index in [2.05, 4.69) is 5.32 Å². The van der Waals surface area contributed by atoms with Crippen molar-refractivity contribution in [2.24, 2.45) is 0 Å². The fourth-order valence-corrected chi connectivity index (χ4v) is 1.42. The van der Waals surface area contributed by atoms with Gasteiger partial charge in [-0.15, -0.1) is 0 Å². The first-order valence-corrected chi connectivity index (χ1v) is 5.64. The van der Waals surface area contributed by atoms with Gasteiger partial charge in [-0.25, -0.2) is 0 Å². The number of nitro benzene ring substituents is 1. The Bertz CT molecular complexity index is 462. The number of hydrogen-bond donors (Lipinski definition) is 1. The highest BCUT2D eigenvalue weighted by Gasteiger charge is 2.16. The Balaban J connectivity index is 2.74. The summed E-state index contributed by atoms with van der Waals surface area (Å²) in [6, 6.07) is 3.91. The summed E-state index contributed by atoms with van der Waals surface area (Å²) in [7, 11) is 0. The molecule has 0 aliphatic heterocycles. The van der Waals surface area contributed by atoms with Crippen molar-refractivity contribution in [3.8, 4) is 5.75 Å². The molecule has 1 rings (SSSR count). The van der Waals surface area contributed by atoms with E-state index in [-0.39, 0.29) is 30.0 Å². The van der Waals surface area contributed by atoms with Gasteiger partial charge in [0.1, 0.15) is 0 Å².